The largest absolute Gasteiger partial charge is 3.00 e. The molecule has 0 unspecified atom stereocenters. The third kappa shape index (κ3) is 9.56. The molecular weight excluding hydrogens is 743 g/mol. The molecule has 0 aliphatic heterocycles. The SMILES string of the molecule is O=S(=O)([N-]S(=O)(=O)C(F)(F)F)C(F)(F)F.[Co+3].c1cc(-n2cccn2)nc(-n2cccn2)c1.c1cc(-n2cccn2)nc(-n2cccn2)c1. The van der Waals surface area contributed by atoms with Crippen molar-refractivity contribution < 1.29 is 60.0 Å². The first-order chi connectivity index (χ1) is 22.1. The van der Waals surface area contributed by atoms with Crippen LogP contribution in [0, 0.1) is 0 Å². The molecule has 0 fully saturated rings. The van der Waals surface area contributed by atoms with Crippen molar-refractivity contribution in [3.63, 3.8) is 0 Å². The van der Waals surface area contributed by atoms with Gasteiger partial charge in [-0.05, 0) is 48.5 Å². The summed E-state index contributed by atoms with van der Waals surface area (Å²) >= 11 is 0. The van der Waals surface area contributed by atoms with Crippen LogP contribution in [0.1, 0.15) is 0 Å². The summed E-state index contributed by atoms with van der Waals surface area (Å²) in [5, 5.41) is 16.5. The Morgan fingerprint density at radius 1 is 0.479 bits per heavy atom. The summed E-state index contributed by atoms with van der Waals surface area (Å²) in [5.41, 5.74) is -12.4. The summed E-state index contributed by atoms with van der Waals surface area (Å²) in [5.74, 6) is 3.10. The van der Waals surface area contributed by atoms with Gasteiger partial charge in [0.05, 0.1) is 0 Å². The van der Waals surface area contributed by atoms with Crippen LogP contribution in [0.15, 0.2) is 110 Å². The maximum absolute atomic E-state index is 11.4. The second-order valence-corrected chi connectivity index (χ2v) is 11.8. The van der Waals surface area contributed by atoms with Crippen molar-refractivity contribution >= 4 is 20.0 Å². The van der Waals surface area contributed by atoms with E-state index in [9.17, 15) is 43.2 Å². The second-order valence-electron chi connectivity index (χ2n) is 8.43. The van der Waals surface area contributed by atoms with Crippen molar-refractivity contribution in [2.75, 3.05) is 0 Å². The fourth-order valence-corrected chi connectivity index (χ4v) is 4.88. The number of sulfonamides is 2. The first kappa shape index (κ1) is 37.5. The summed E-state index contributed by atoms with van der Waals surface area (Å²) in [6.07, 6.45) is 14.3. The van der Waals surface area contributed by atoms with Crippen molar-refractivity contribution in [1.82, 2.24) is 49.1 Å². The summed E-state index contributed by atoms with van der Waals surface area (Å²) in [4.78, 5) is 8.92. The Kier molecular flexibility index (Phi) is 12.0. The number of alkyl halides is 6. The molecule has 0 amide bonds. The maximum Gasteiger partial charge on any atom is 3.00 e. The molecule has 0 aromatic carbocycles. The zero-order valence-corrected chi connectivity index (χ0v) is 26.0. The van der Waals surface area contributed by atoms with Gasteiger partial charge in [-0.15, -0.1) is 0 Å². The number of rotatable bonds is 6. The minimum Gasteiger partial charge on any atom is -0.421 e. The molecule has 0 aliphatic carbocycles. The second kappa shape index (κ2) is 15.3. The monoisotopic (exact) mass is 761 g/mol. The normalized spacial score (nSPS) is 11.8. The number of hydrogen-bond acceptors (Lipinski definition) is 10. The van der Waals surface area contributed by atoms with E-state index in [1.54, 1.807) is 43.5 Å². The van der Waals surface area contributed by atoms with E-state index in [0.717, 1.165) is 27.4 Å². The van der Waals surface area contributed by atoms with E-state index in [1.807, 2.05) is 85.5 Å². The molecule has 0 saturated heterocycles. The molecule has 0 aliphatic rings. The van der Waals surface area contributed by atoms with Crippen molar-refractivity contribution in [2.24, 2.45) is 0 Å². The number of pyridine rings is 2. The average molecular weight is 762 g/mol. The number of nitrogens with zero attached hydrogens (tertiary/aromatic N) is 11. The molecule has 0 saturated carbocycles. The molecule has 6 aromatic rings. The summed E-state index contributed by atoms with van der Waals surface area (Å²) in [6.45, 7) is 0. The van der Waals surface area contributed by atoms with Crippen molar-refractivity contribution in [2.45, 2.75) is 11.0 Å². The van der Waals surface area contributed by atoms with Gasteiger partial charge in [-0.2, -0.15) is 46.7 Å². The summed E-state index contributed by atoms with van der Waals surface area (Å²) < 4.78 is 116. The predicted octanol–water partition coefficient (Wildman–Crippen LogP) is 3.96. The minimum absolute atomic E-state index is 0. The van der Waals surface area contributed by atoms with Gasteiger partial charge in [0.1, 0.15) is 0 Å². The zero-order chi connectivity index (χ0) is 34.3. The molecule has 15 nitrogen and oxygen atoms in total. The smallest absolute Gasteiger partial charge is 0.421 e. The Labute approximate surface area is 277 Å². The van der Waals surface area contributed by atoms with E-state index in [2.05, 4.69) is 30.4 Å². The molecule has 254 valence electrons. The van der Waals surface area contributed by atoms with Gasteiger partial charge in [0, 0.05) is 49.6 Å². The van der Waals surface area contributed by atoms with E-state index >= 15 is 0 Å². The molecule has 0 atom stereocenters. The van der Waals surface area contributed by atoms with Crippen LogP contribution in [-0.4, -0.2) is 76.9 Å². The first-order valence-electron chi connectivity index (χ1n) is 12.4. The van der Waals surface area contributed by atoms with Gasteiger partial charge in [0.2, 0.25) is 0 Å². The quantitative estimate of drug-likeness (QED) is 0.226. The van der Waals surface area contributed by atoms with E-state index in [1.165, 1.54) is 0 Å². The summed E-state index contributed by atoms with van der Waals surface area (Å²) in [6, 6.07) is 18.9. The fourth-order valence-electron chi connectivity index (χ4n) is 3.17. The number of aromatic nitrogens is 10. The van der Waals surface area contributed by atoms with Gasteiger partial charge in [0.15, 0.2) is 43.3 Å². The van der Waals surface area contributed by atoms with Crippen LogP contribution in [0.4, 0.5) is 26.3 Å². The van der Waals surface area contributed by atoms with Gasteiger partial charge in [-0.25, -0.2) is 45.5 Å². The Morgan fingerprint density at radius 2 is 0.729 bits per heavy atom. The molecule has 0 spiro atoms. The molecular formula is C24H18CoF6N11O4S2+2. The number of halogens is 6. The number of hydrogen-bond donors (Lipinski definition) is 0. The van der Waals surface area contributed by atoms with Crippen molar-refractivity contribution in [3.8, 4) is 23.3 Å². The van der Waals surface area contributed by atoms with Crippen LogP contribution >= 0.6 is 0 Å². The molecule has 48 heavy (non-hydrogen) atoms. The van der Waals surface area contributed by atoms with Gasteiger partial charge in [-0.3, -0.25) is 0 Å². The zero-order valence-electron chi connectivity index (χ0n) is 23.4. The van der Waals surface area contributed by atoms with Gasteiger partial charge in [-0.1, -0.05) is 12.1 Å². The van der Waals surface area contributed by atoms with Crippen molar-refractivity contribution in [1.29, 1.82) is 0 Å². The van der Waals surface area contributed by atoms with Crippen molar-refractivity contribution in [3.05, 3.63) is 114 Å². The average Bonchev–Trinajstić information content (AvgIpc) is 3.84. The molecule has 6 aromatic heterocycles. The Hall–Kier alpha value is -4.91. The summed E-state index contributed by atoms with van der Waals surface area (Å²) in [7, 11) is -13.4. The van der Waals surface area contributed by atoms with Crippen LogP contribution in [0.5, 0.6) is 0 Å². The molecule has 24 heteroatoms. The predicted molar refractivity (Wildman–Crippen MR) is 150 cm³/mol. The maximum atomic E-state index is 11.4. The fraction of sp³-hybridized carbons (Fsp3) is 0.0833. The van der Waals surface area contributed by atoms with Gasteiger partial charge in [0.25, 0.3) is 0 Å². The molecule has 6 rings (SSSR count). The van der Waals surface area contributed by atoms with E-state index < -0.39 is 31.1 Å². The van der Waals surface area contributed by atoms with Crippen LogP contribution in [0.2, 0.25) is 0 Å². The molecule has 0 N–H and O–H groups in total. The molecule has 6 heterocycles. The third-order valence-electron chi connectivity index (χ3n) is 5.18. The van der Waals surface area contributed by atoms with E-state index in [-0.39, 0.29) is 16.8 Å². The van der Waals surface area contributed by atoms with E-state index in [4.69, 9.17) is 0 Å². The molecule has 0 radical (unpaired) electrons. The Bertz CT molecular complexity index is 1830. The Balaban J connectivity index is 0.000000194. The third-order valence-corrected chi connectivity index (χ3v) is 7.92. The standard InChI is InChI=1S/2C11H9N5.C2F6NO4S2.Co/c2*1-4-10(15-8-2-6-12-15)14-11(5-1)16-9-3-7-13-16;3-1(4,5)14(10,11)9-15(12,13)2(6,7)8;/h2*1-9H;;/q;;-1;+3. The van der Waals surface area contributed by atoms with Crippen LogP contribution in [-0.2, 0) is 36.8 Å². The van der Waals surface area contributed by atoms with Crippen LogP contribution < -0.4 is 0 Å². The topological polar surface area (TPSA) is 179 Å². The van der Waals surface area contributed by atoms with Crippen LogP contribution in [0.3, 0.4) is 0 Å². The Morgan fingerprint density at radius 3 is 0.917 bits per heavy atom. The van der Waals surface area contributed by atoms with Crippen LogP contribution in [0.25, 0.3) is 27.4 Å². The van der Waals surface area contributed by atoms with Gasteiger partial charge < -0.3 is 4.13 Å². The minimum atomic E-state index is -6.72. The molecule has 0 bridgehead atoms. The first-order valence-corrected chi connectivity index (χ1v) is 15.3. The van der Waals surface area contributed by atoms with E-state index in [0.29, 0.717) is 0 Å². The van der Waals surface area contributed by atoms with Gasteiger partial charge >= 0.3 is 27.8 Å².